The summed E-state index contributed by atoms with van der Waals surface area (Å²) in [6, 6.07) is 2.70. The fraction of sp³-hybridized carbons (Fsp3) is 0.222. The number of Topliss-reactive ketones (excluding diaryl/α,β-unsaturated/α-hetero) is 1. The van der Waals surface area contributed by atoms with Gasteiger partial charge in [0.1, 0.15) is 0 Å². The molecule has 5 heteroatoms. The predicted octanol–water partition coefficient (Wildman–Crippen LogP) is 3.02. The van der Waals surface area contributed by atoms with E-state index in [0.29, 0.717) is 9.13 Å². The monoisotopic (exact) mass is 372 g/mol. The van der Waals surface area contributed by atoms with Gasteiger partial charge in [-0.15, -0.1) is 0 Å². The minimum Gasteiger partial charge on any atom is -0.494 e. The number of carbonyl (C=O) groups excluding carboxylic acids is 1. The molecule has 2 nitrogen and oxygen atoms in total. The van der Waals surface area contributed by atoms with E-state index in [2.05, 4.69) is 15.9 Å². The average Bonchev–Trinajstić information content (AvgIpc) is 2.17. The van der Waals surface area contributed by atoms with E-state index >= 15 is 0 Å². The molecule has 0 heterocycles. The third-order valence-electron chi connectivity index (χ3n) is 1.66. The van der Waals surface area contributed by atoms with Crippen LogP contribution < -0.4 is 4.74 Å². The number of hydrogen-bond acceptors (Lipinski definition) is 2. The number of methoxy groups -OCH3 is 1. The van der Waals surface area contributed by atoms with Crippen LogP contribution in [0.2, 0.25) is 0 Å². The van der Waals surface area contributed by atoms with Gasteiger partial charge in [-0.1, -0.05) is 15.9 Å². The van der Waals surface area contributed by atoms with Gasteiger partial charge < -0.3 is 4.74 Å². The maximum Gasteiger partial charge on any atom is 0.174 e. The molecule has 0 spiro atoms. The molecule has 1 rings (SSSR count). The molecule has 76 valence electrons. The molecule has 0 atom stereocenters. The maximum absolute atomic E-state index is 13.1. The smallest absolute Gasteiger partial charge is 0.174 e. The van der Waals surface area contributed by atoms with Crippen molar-refractivity contribution in [3.8, 4) is 5.75 Å². The first-order valence-corrected chi connectivity index (χ1v) is 5.92. The summed E-state index contributed by atoms with van der Waals surface area (Å²) < 4.78 is 18.5. The Morgan fingerprint density at radius 1 is 1.64 bits per heavy atom. The topological polar surface area (TPSA) is 26.3 Å². The Hall–Kier alpha value is -0.170. The van der Waals surface area contributed by atoms with Crippen molar-refractivity contribution in [3.05, 3.63) is 27.1 Å². The van der Waals surface area contributed by atoms with Crippen LogP contribution >= 0.6 is 38.5 Å². The van der Waals surface area contributed by atoms with E-state index in [9.17, 15) is 9.18 Å². The molecule has 0 aromatic heterocycles. The van der Waals surface area contributed by atoms with Gasteiger partial charge in [-0.2, -0.15) is 0 Å². The number of rotatable bonds is 3. The molecule has 0 bridgehead atoms. The summed E-state index contributed by atoms with van der Waals surface area (Å²) in [4.78, 5) is 11.4. The van der Waals surface area contributed by atoms with Crippen LogP contribution in [0.25, 0.3) is 0 Å². The lowest BCUT2D eigenvalue weighted by Gasteiger charge is -2.06. The Kier molecular flexibility index (Phi) is 4.31. The van der Waals surface area contributed by atoms with E-state index in [1.165, 1.54) is 19.2 Å². The molecule has 0 aliphatic carbocycles. The van der Waals surface area contributed by atoms with Crippen LogP contribution in [0.4, 0.5) is 4.39 Å². The zero-order valence-electron chi connectivity index (χ0n) is 7.31. The Labute approximate surface area is 103 Å². The second-order valence-corrected chi connectivity index (χ2v) is 4.25. The van der Waals surface area contributed by atoms with Gasteiger partial charge in [-0.05, 0) is 34.7 Å². The number of alkyl halides is 1. The van der Waals surface area contributed by atoms with Crippen molar-refractivity contribution in [2.75, 3.05) is 12.4 Å². The highest BCUT2D eigenvalue weighted by Crippen LogP contribution is 2.24. The molecule has 0 aliphatic rings. The van der Waals surface area contributed by atoms with Crippen molar-refractivity contribution < 1.29 is 13.9 Å². The summed E-state index contributed by atoms with van der Waals surface area (Å²) in [7, 11) is 1.37. The summed E-state index contributed by atoms with van der Waals surface area (Å²) >= 11 is 4.98. The molecule has 0 amide bonds. The highest BCUT2D eigenvalue weighted by Gasteiger charge is 2.13. The zero-order chi connectivity index (χ0) is 10.7. The normalized spacial score (nSPS) is 10.0. The number of ether oxygens (including phenoxy) is 1. The van der Waals surface area contributed by atoms with Crippen LogP contribution in [-0.4, -0.2) is 18.2 Å². The molecule has 0 unspecified atom stereocenters. The second-order valence-electron chi connectivity index (χ2n) is 2.52. The fourth-order valence-electron chi connectivity index (χ4n) is 0.971. The van der Waals surface area contributed by atoms with Gasteiger partial charge in [0.25, 0.3) is 0 Å². The minimum atomic E-state index is -0.456. The summed E-state index contributed by atoms with van der Waals surface area (Å²) in [5, 5.41) is 0.220. The van der Waals surface area contributed by atoms with Gasteiger partial charge in [0.05, 0.1) is 12.4 Å². The van der Waals surface area contributed by atoms with Crippen molar-refractivity contribution in [1.82, 2.24) is 0 Å². The third-order valence-corrected chi connectivity index (χ3v) is 3.07. The summed E-state index contributed by atoms with van der Waals surface area (Å²) in [6.07, 6.45) is 0. The molecular formula is C9H7BrFIO2. The van der Waals surface area contributed by atoms with E-state index < -0.39 is 5.82 Å². The lowest BCUT2D eigenvalue weighted by molar-refractivity contribution is 0.102. The van der Waals surface area contributed by atoms with Gasteiger partial charge in [-0.25, -0.2) is 4.39 Å². The van der Waals surface area contributed by atoms with E-state index in [-0.39, 0.29) is 16.9 Å². The number of ketones is 1. The van der Waals surface area contributed by atoms with Crippen molar-refractivity contribution in [2.45, 2.75) is 0 Å². The first-order valence-electron chi connectivity index (χ1n) is 3.72. The Morgan fingerprint density at radius 2 is 2.29 bits per heavy atom. The van der Waals surface area contributed by atoms with E-state index in [4.69, 9.17) is 4.74 Å². The second kappa shape index (κ2) is 5.06. The molecule has 1 aromatic rings. The molecular weight excluding hydrogens is 366 g/mol. The molecule has 0 radical (unpaired) electrons. The molecule has 0 saturated carbocycles. The highest BCUT2D eigenvalue weighted by atomic mass is 127. The summed E-state index contributed by atoms with van der Waals surface area (Å²) in [6.45, 7) is 0. The average molecular weight is 373 g/mol. The summed E-state index contributed by atoms with van der Waals surface area (Å²) in [5.41, 5.74) is 0.473. The minimum absolute atomic E-state index is 0.0901. The van der Waals surface area contributed by atoms with Crippen LogP contribution in [0.5, 0.6) is 5.75 Å². The molecule has 1 aromatic carbocycles. The van der Waals surface area contributed by atoms with Gasteiger partial charge in [0, 0.05) is 9.13 Å². The van der Waals surface area contributed by atoms with Gasteiger partial charge in [-0.3, -0.25) is 4.79 Å². The van der Waals surface area contributed by atoms with Crippen molar-refractivity contribution in [2.24, 2.45) is 0 Å². The lowest BCUT2D eigenvalue weighted by Crippen LogP contribution is -2.04. The quantitative estimate of drug-likeness (QED) is 0.463. The molecule has 0 fully saturated rings. The van der Waals surface area contributed by atoms with Gasteiger partial charge in [0.15, 0.2) is 17.3 Å². The maximum atomic E-state index is 13.1. The fourth-order valence-corrected chi connectivity index (χ4v) is 2.00. The molecule has 0 N–H and O–H groups in total. The first-order chi connectivity index (χ1) is 6.60. The molecule has 0 saturated heterocycles. The van der Waals surface area contributed by atoms with Crippen LogP contribution in [0.15, 0.2) is 12.1 Å². The third kappa shape index (κ3) is 2.44. The van der Waals surface area contributed by atoms with Gasteiger partial charge in [0.2, 0.25) is 0 Å². The Morgan fingerprint density at radius 3 is 2.79 bits per heavy atom. The highest BCUT2D eigenvalue weighted by molar-refractivity contribution is 14.1. The molecule has 0 aliphatic heterocycles. The van der Waals surface area contributed by atoms with Crippen LogP contribution in [0.3, 0.4) is 0 Å². The number of benzene rings is 1. The predicted molar refractivity (Wildman–Crippen MR) is 63.8 cm³/mol. The number of carbonyl (C=O) groups is 1. The number of halogens is 3. The number of hydrogen-bond donors (Lipinski definition) is 0. The Balaban J connectivity index is 3.24. The van der Waals surface area contributed by atoms with E-state index in [1.807, 2.05) is 22.6 Å². The summed E-state index contributed by atoms with van der Waals surface area (Å²) in [5.74, 6) is -0.453. The van der Waals surface area contributed by atoms with Crippen molar-refractivity contribution >= 4 is 44.3 Å². The van der Waals surface area contributed by atoms with E-state index in [1.54, 1.807) is 0 Å². The van der Waals surface area contributed by atoms with Crippen molar-refractivity contribution in [1.29, 1.82) is 0 Å². The van der Waals surface area contributed by atoms with Crippen LogP contribution in [0, 0.1) is 9.39 Å². The van der Waals surface area contributed by atoms with Crippen LogP contribution in [0.1, 0.15) is 10.4 Å². The van der Waals surface area contributed by atoms with E-state index in [0.717, 1.165) is 0 Å². The first kappa shape index (κ1) is 11.9. The standard InChI is InChI=1S/C9H7BrFIO2/c1-14-9-2-5(8(13)4-10)7(12)3-6(9)11/h2-3H,4H2,1H3. The zero-order valence-corrected chi connectivity index (χ0v) is 11.1. The van der Waals surface area contributed by atoms with Crippen LogP contribution in [-0.2, 0) is 0 Å². The SMILES string of the molecule is COc1cc(C(=O)CBr)c(I)cc1F. The van der Waals surface area contributed by atoms with Crippen molar-refractivity contribution in [3.63, 3.8) is 0 Å². The van der Waals surface area contributed by atoms with Gasteiger partial charge >= 0.3 is 0 Å². The largest absolute Gasteiger partial charge is 0.494 e. The Bertz CT molecular complexity index is 368. The lowest BCUT2D eigenvalue weighted by atomic mass is 10.1. The molecule has 14 heavy (non-hydrogen) atoms.